The molecule has 1 aromatic rings. The van der Waals surface area contributed by atoms with Crippen LogP contribution in [0.2, 0.25) is 0 Å². The smallest absolute Gasteiger partial charge is 0.148 e. The Hall–Kier alpha value is -1.36. The van der Waals surface area contributed by atoms with Gasteiger partial charge < -0.3 is 11.1 Å². The van der Waals surface area contributed by atoms with E-state index in [9.17, 15) is 0 Å². The molecule has 2 rings (SSSR count). The van der Waals surface area contributed by atoms with Crippen LogP contribution in [0.15, 0.2) is 12.1 Å². The molecule has 0 bridgehead atoms. The highest BCUT2D eigenvalue weighted by Crippen LogP contribution is 2.12. The Bertz CT molecular complexity index is 331. The monoisotopic (exact) mass is 235 g/mol. The Morgan fingerprint density at radius 1 is 1.29 bits per heavy atom. The molecule has 1 aromatic heterocycles. The van der Waals surface area contributed by atoms with E-state index in [4.69, 9.17) is 5.73 Å². The zero-order valence-electron chi connectivity index (χ0n) is 10.4. The summed E-state index contributed by atoms with van der Waals surface area (Å²) in [6.07, 6.45) is 4.03. The van der Waals surface area contributed by atoms with Crippen molar-refractivity contribution < 1.29 is 0 Å². The highest BCUT2D eigenvalue weighted by molar-refractivity contribution is 5.38. The summed E-state index contributed by atoms with van der Waals surface area (Å²) in [4.78, 5) is 2.53. The van der Waals surface area contributed by atoms with Crippen LogP contribution < -0.4 is 11.1 Å². The summed E-state index contributed by atoms with van der Waals surface area (Å²) < 4.78 is 0. The second-order valence-corrected chi connectivity index (χ2v) is 4.67. The molecule has 5 heteroatoms. The number of hydrogen-bond acceptors (Lipinski definition) is 5. The van der Waals surface area contributed by atoms with Crippen LogP contribution in [0.3, 0.4) is 0 Å². The largest absolute Gasteiger partial charge is 0.382 e. The number of hydrogen-bond donors (Lipinski definition) is 2. The van der Waals surface area contributed by atoms with Gasteiger partial charge in [-0.1, -0.05) is 6.42 Å². The van der Waals surface area contributed by atoms with Gasteiger partial charge in [0.05, 0.1) is 0 Å². The molecule has 1 fully saturated rings. The molecule has 0 amide bonds. The van der Waals surface area contributed by atoms with Crippen LogP contribution in [0.5, 0.6) is 0 Å². The predicted molar refractivity (Wildman–Crippen MR) is 69.8 cm³/mol. The average Bonchev–Trinajstić information content (AvgIpc) is 2.39. The van der Waals surface area contributed by atoms with E-state index in [1.165, 1.54) is 32.4 Å². The topological polar surface area (TPSA) is 67.1 Å². The van der Waals surface area contributed by atoms with E-state index in [2.05, 4.69) is 27.3 Å². The SMILES string of the molecule is CC(CNc1ccc(N)nn1)N1CCCCC1. The maximum atomic E-state index is 5.49. The summed E-state index contributed by atoms with van der Waals surface area (Å²) in [7, 11) is 0. The molecular weight excluding hydrogens is 214 g/mol. The van der Waals surface area contributed by atoms with E-state index in [-0.39, 0.29) is 0 Å². The maximum Gasteiger partial charge on any atom is 0.148 e. The van der Waals surface area contributed by atoms with Crippen LogP contribution in [-0.4, -0.2) is 40.8 Å². The van der Waals surface area contributed by atoms with Crippen LogP contribution in [-0.2, 0) is 0 Å². The lowest BCUT2D eigenvalue weighted by Gasteiger charge is -2.32. The number of aromatic nitrogens is 2. The molecule has 1 unspecified atom stereocenters. The van der Waals surface area contributed by atoms with Crippen molar-refractivity contribution in [1.82, 2.24) is 15.1 Å². The highest BCUT2D eigenvalue weighted by Gasteiger charge is 2.16. The molecule has 3 N–H and O–H groups in total. The molecule has 1 saturated heterocycles. The van der Waals surface area contributed by atoms with E-state index in [0.29, 0.717) is 11.9 Å². The minimum absolute atomic E-state index is 0.458. The Labute approximate surface area is 102 Å². The van der Waals surface area contributed by atoms with Crippen LogP contribution in [0.1, 0.15) is 26.2 Å². The molecule has 94 valence electrons. The van der Waals surface area contributed by atoms with Crippen molar-refractivity contribution in [3.63, 3.8) is 0 Å². The predicted octanol–water partition coefficient (Wildman–Crippen LogP) is 1.35. The number of nitrogens with two attached hydrogens (primary N) is 1. The van der Waals surface area contributed by atoms with E-state index in [1.807, 2.05) is 6.07 Å². The number of nitrogens with one attached hydrogen (secondary N) is 1. The summed E-state index contributed by atoms with van der Waals surface area (Å²) in [6.45, 7) is 5.59. The molecular formula is C12H21N5. The number of nitrogen functional groups attached to an aromatic ring is 1. The first kappa shape index (κ1) is 12.1. The minimum atomic E-state index is 0.458. The maximum absolute atomic E-state index is 5.49. The lowest BCUT2D eigenvalue weighted by Crippen LogP contribution is -2.41. The Morgan fingerprint density at radius 2 is 2.06 bits per heavy atom. The fraction of sp³-hybridized carbons (Fsp3) is 0.667. The quantitative estimate of drug-likeness (QED) is 0.824. The van der Waals surface area contributed by atoms with Crippen molar-refractivity contribution in [3.05, 3.63) is 12.1 Å². The van der Waals surface area contributed by atoms with Gasteiger partial charge in [-0.15, -0.1) is 10.2 Å². The van der Waals surface area contributed by atoms with Crippen LogP contribution >= 0.6 is 0 Å². The minimum Gasteiger partial charge on any atom is -0.382 e. The molecule has 0 aromatic carbocycles. The molecule has 1 atom stereocenters. The lowest BCUT2D eigenvalue weighted by molar-refractivity contribution is 0.180. The van der Waals surface area contributed by atoms with E-state index in [1.54, 1.807) is 6.07 Å². The first-order valence-electron chi connectivity index (χ1n) is 6.33. The summed E-state index contributed by atoms with van der Waals surface area (Å²) >= 11 is 0. The van der Waals surface area contributed by atoms with Gasteiger partial charge in [0, 0.05) is 12.6 Å². The van der Waals surface area contributed by atoms with Crippen LogP contribution in [0, 0.1) is 0 Å². The summed E-state index contributed by atoms with van der Waals surface area (Å²) in [6, 6.07) is 4.17. The van der Waals surface area contributed by atoms with E-state index in [0.717, 1.165) is 12.4 Å². The zero-order valence-corrected chi connectivity index (χ0v) is 10.4. The van der Waals surface area contributed by atoms with Gasteiger partial charge in [0.25, 0.3) is 0 Å². The molecule has 0 spiro atoms. The van der Waals surface area contributed by atoms with Crippen molar-refractivity contribution in [1.29, 1.82) is 0 Å². The van der Waals surface area contributed by atoms with Gasteiger partial charge in [0.15, 0.2) is 0 Å². The van der Waals surface area contributed by atoms with Crippen LogP contribution in [0.25, 0.3) is 0 Å². The average molecular weight is 235 g/mol. The molecule has 0 saturated carbocycles. The fourth-order valence-electron chi connectivity index (χ4n) is 2.18. The molecule has 2 heterocycles. The fourth-order valence-corrected chi connectivity index (χ4v) is 2.18. The highest BCUT2D eigenvalue weighted by atomic mass is 15.2. The van der Waals surface area contributed by atoms with E-state index < -0.39 is 0 Å². The zero-order chi connectivity index (χ0) is 12.1. The van der Waals surface area contributed by atoms with Crippen molar-refractivity contribution in [2.45, 2.75) is 32.2 Å². The second kappa shape index (κ2) is 5.82. The normalized spacial score (nSPS) is 18.9. The molecule has 1 aliphatic rings. The van der Waals surface area contributed by atoms with Crippen molar-refractivity contribution in [3.8, 4) is 0 Å². The molecule has 0 aliphatic carbocycles. The van der Waals surface area contributed by atoms with E-state index >= 15 is 0 Å². The van der Waals surface area contributed by atoms with Gasteiger partial charge >= 0.3 is 0 Å². The molecule has 5 nitrogen and oxygen atoms in total. The van der Waals surface area contributed by atoms with Gasteiger partial charge in [0.1, 0.15) is 11.6 Å². The van der Waals surface area contributed by atoms with Gasteiger partial charge in [0.2, 0.25) is 0 Å². The lowest BCUT2D eigenvalue weighted by atomic mass is 10.1. The number of rotatable bonds is 4. The first-order chi connectivity index (χ1) is 8.25. The Kier molecular flexibility index (Phi) is 4.14. The summed E-state index contributed by atoms with van der Waals surface area (Å²) in [5.41, 5.74) is 5.49. The Morgan fingerprint density at radius 3 is 2.71 bits per heavy atom. The Balaban J connectivity index is 1.78. The summed E-state index contributed by atoms with van der Waals surface area (Å²) in [5.74, 6) is 1.25. The van der Waals surface area contributed by atoms with Gasteiger partial charge in [-0.05, 0) is 45.0 Å². The van der Waals surface area contributed by atoms with Gasteiger partial charge in [-0.25, -0.2) is 0 Å². The molecule has 17 heavy (non-hydrogen) atoms. The van der Waals surface area contributed by atoms with Crippen molar-refractivity contribution in [2.24, 2.45) is 0 Å². The summed E-state index contributed by atoms with van der Waals surface area (Å²) in [5, 5.41) is 11.1. The second-order valence-electron chi connectivity index (χ2n) is 4.67. The first-order valence-corrected chi connectivity index (χ1v) is 6.33. The number of anilines is 2. The third kappa shape index (κ3) is 3.56. The molecule has 1 aliphatic heterocycles. The van der Waals surface area contributed by atoms with Crippen LogP contribution in [0.4, 0.5) is 11.6 Å². The van der Waals surface area contributed by atoms with Crippen molar-refractivity contribution in [2.75, 3.05) is 30.7 Å². The van der Waals surface area contributed by atoms with Gasteiger partial charge in [-0.2, -0.15) is 0 Å². The van der Waals surface area contributed by atoms with Crippen molar-refractivity contribution >= 4 is 11.6 Å². The molecule has 0 radical (unpaired) electrons. The third-order valence-corrected chi connectivity index (χ3v) is 3.28. The number of piperidine rings is 1. The standard InChI is InChI=1S/C12H21N5/c1-10(17-7-3-2-4-8-17)9-14-12-6-5-11(13)15-16-12/h5-6,10H,2-4,7-9H2,1H3,(H2,13,15)(H,14,16). The third-order valence-electron chi connectivity index (χ3n) is 3.28. The number of nitrogens with zero attached hydrogens (tertiary/aromatic N) is 3. The number of likely N-dealkylation sites (tertiary alicyclic amines) is 1. The van der Waals surface area contributed by atoms with Gasteiger partial charge in [-0.3, -0.25) is 4.90 Å².